The number of likely N-dealkylation sites (N-methyl/N-ethyl adjacent to an activating group) is 2. The van der Waals surface area contributed by atoms with Crippen LogP contribution in [0.2, 0.25) is 0 Å². The number of nitrogens with zero attached hydrogens (tertiary/aromatic N) is 3. The minimum atomic E-state index is -0.314. The van der Waals surface area contributed by atoms with Crippen LogP contribution in [0.15, 0.2) is 12.3 Å². The van der Waals surface area contributed by atoms with E-state index < -0.39 is 0 Å². The first-order chi connectivity index (χ1) is 7.56. The van der Waals surface area contributed by atoms with Crippen molar-refractivity contribution in [3.05, 3.63) is 23.6 Å². The van der Waals surface area contributed by atoms with E-state index in [0.717, 1.165) is 13.1 Å². The monoisotopic (exact) mass is 226 g/mol. The molecule has 0 atom stereocenters. The Kier molecular flexibility index (Phi) is 4.64. The van der Waals surface area contributed by atoms with Crippen LogP contribution in [0.5, 0.6) is 0 Å². The second kappa shape index (κ2) is 5.77. The average Bonchev–Trinajstić information content (AvgIpc) is 2.26. The van der Waals surface area contributed by atoms with Gasteiger partial charge < -0.3 is 15.5 Å². The lowest BCUT2D eigenvalue weighted by Gasteiger charge is -2.21. The zero-order chi connectivity index (χ0) is 12.1. The molecule has 0 saturated heterocycles. The first kappa shape index (κ1) is 12.9. The number of nitrogens with two attached hydrogens (primary N) is 1. The van der Waals surface area contributed by atoms with Gasteiger partial charge in [0.15, 0.2) is 11.6 Å². The van der Waals surface area contributed by atoms with Crippen molar-refractivity contribution in [3.8, 4) is 0 Å². The van der Waals surface area contributed by atoms with E-state index in [0.29, 0.717) is 11.4 Å². The third-order valence-corrected chi connectivity index (χ3v) is 2.41. The van der Waals surface area contributed by atoms with Gasteiger partial charge in [-0.2, -0.15) is 0 Å². The molecule has 0 fully saturated rings. The number of hydrogen-bond acceptors (Lipinski definition) is 4. The zero-order valence-corrected chi connectivity index (χ0v) is 10.1. The highest BCUT2D eigenvalue weighted by Crippen LogP contribution is 2.17. The van der Waals surface area contributed by atoms with Gasteiger partial charge in [0.2, 0.25) is 0 Å². The molecule has 1 rings (SSSR count). The quantitative estimate of drug-likeness (QED) is 0.802. The highest BCUT2D eigenvalue weighted by atomic mass is 19.1. The van der Waals surface area contributed by atoms with Crippen LogP contribution in [0.1, 0.15) is 5.56 Å². The molecule has 0 aliphatic carbocycles. The Hall–Kier alpha value is -1.20. The van der Waals surface area contributed by atoms with Gasteiger partial charge in [0, 0.05) is 38.4 Å². The number of anilines is 1. The van der Waals surface area contributed by atoms with E-state index in [-0.39, 0.29) is 12.4 Å². The van der Waals surface area contributed by atoms with Gasteiger partial charge in [0.1, 0.15) is 0 Å². The Bertz CT molecular complexity index is 341. The maximum Gasteiger partial charge on any atom is 0.170 e. The maximum atomic E-state index is 13.8. The smallest absolute Gasteiger partial charge is 0.170 e. The van der Waals surface area contributed by atoms with E-state index in [9.17, 15) is 4.39 Å². The first-order valence-electron chi connectivity index (χ1n) is 5.25. The second-order valence-corrected chi connectivity index (χ2v) is 4.04. The predicted octanol–water partition coefficient (Wildman–Crippen LogP) is 0.677. The van der Waals surface area contributed by atoms with Gasteiger partial charge in [-0.1, -0.05) is 0 Å². The lowest BCUT2D eigenvalue weighted by molar-refractivity contribution is 0.415. The molecule has 2 N–H and O–H groups in total. The summed E-state index contributed by atoms with van der Waals surface area (Å²) in [6.45, 7) is 1.78. The number of aromatic nitrogens is 1. The van der Waals surface area contributed by atoms with Crippen LogP contribution < -0.4 is 10.6 Å². The fourth-order valence-electron chi connectivity index (χ4n) is 1.35. The summed E-state index contributed by atoms with van der Waals surface area (Å²) in [5, 5.41) is 0. The molecule has 0 aliphatic rings. The van der Waals surface area contributed by atoms with Crippen LogP contribution in [-0.2, 0) is 6.54 Å². The molecule has 1 heterocycles. The molecule has 0 bridgehead atoms. The first-order valence-corrected chi connectivity index (χ1v) is 5.25. The fraction of sp³-hybridized carbons (Fsp3) is 0.545. The summed E-state index contributed by atoms with van der Waals surface area (Å²) in [6, 6.07) is 1.61. The maximum absolute atomic E-state index is 13.8. The van der Waals surface area contributed by atoms with Gasteiger partial charge in [-0.05, 0) is 20.2 Å². The van der Waals surface area contributed by atoms with Crippen molar-refractivity contribution in [1.29, 1.82) is 0 Å². The van der Waals surface area contributed by atoms with E-state index in [1.165, 1.54) is 0 Å². The van der Waals surface area contributed by atoms with Crippen molar-refractivity contribution in [1.82, 2.24) is 9.88 Å². The number of halogens is 1. The third kappa shape index (κ3) is 3.15. The van der Waals surface area contributed by atoms with Crippen LogP contribution in [0.25, 0.3) is 0 Å². The second-order valence-electron chi connectivity index (χ2n) is 4.04. The molecule has 4 nitrogen and oxygen atoms in total. The lowest BCUT2D eigenvalue weighted by atomic mass is 10.2. The molecule has 0 amide bonds. The van der Waals surface area contributed by atoms with Crippen LogP contribution >= 0.6 is 0 Å². The minimum Gasteiger partial charge on any atom is -0.356 e. The molecule has 0 unspecified atom stereocenters. The topological polar surface area (TPSA) is 45.4 Å². The molecule has 0 saturated carbocycles. The van der Waals surface area contributed by atoms with Crippen molar-refractivity contribution < 1.29 is 4.39 Å². The predicted molar refractivity (Wildman–Crippen MR) is 63.9 cm³/mol. The molecule has 16 heavy (non-hydrogen) atoms. The van der Waals surface area contributed by atoms with Crippen LogP contribution in [0.4, 0.5) is 10.2 Å². The molecule has 0 radical (unpaired) electrons. The van der Waals surface area contributed by atoms with Crippen molar-refractivity contribution in [3.63, 3.8) is 0 Å². The third-order valence-electron chi connectivity index (χ3n) is 2.41. The van der Waals surface area contributed by atoms with Crippen LogP contribution in [-0.4, -0.2) is 44.1 Å². The van der Waals surface area contributed by atoms with Gasteiger partial charge in [-0.15, -0.1) is 0 Å². The summed E-state index contributed by atoms with van der Waals surface area (Å²) >= 11 is 0. The zero-order valence-electron chi connectivity index (χ0n) is 10.1. The van der Waals surface area contributed by atoms with Crippen LogP contribution in [0, 0.1) is 5.82 Å². The summed E-state index contributed by atoms with van der Waals surface area (Å²) in [6.07, 6.45) is 1.59. The van der Waals surface area contributed by atoms with Crippen molar-refractivity contribution in [2.75, 3.05) is 39.1 Å². The number of hydrogen-bond donors (Lipinski definition) is 1. The van der Waals surface area contributed by atoms with Gasteiger partial charge in [-0.3, -0.25) is 0 Å². The Morgan fingerprint density at radius 3 is 2.56 bits per heavy atom. The molecular formula is C11H19FN4. The van der Waals surface area contributed by atoms with Gasteiger partial charge >= 0.3 is 0 Å². The van der Waals surface area contributed by atoms with E-state index >= 15 is 0 Å². The summed E-state index contributed by atoms with van der Waals surface area (Å²) in [4.78, 5) is 7.88. The molecule has 1 aromatic rings. The van der Waals surface area contributed by atoms with Gasteiger partial charge in [0.25, 0.3) is 0 Å². The molecule has 1 aromatic heterocycles. The van der Waals surface area contributed by atoms with Gasteiger partial charge in [0.05, 0.1) is 0 Å². The summed E-state index contributed by atoms with van der Waals surface area (Å²) in [7, 11) is 5.79. The van der Waals surface area contributed by atoms with Gasteiger partial charge in [-0.25, -0.2) is 9.37 Å². The standard InChI is InChI=1S/C11H19FN4/c1-15(2)6-7-16(3)11-10(12)9(8-13)4-5-14-11/h4-5H,6-8,13H2,1-3H3. The minimum absolute atomic E-state index is 0.197. The normalized spacial score (nSPS) is 10.9. The van der Waals surface area contributed by atoms with Crippen molar-refractivity contribution in [2.45, 2.75) is 6.54 Å². The summed E-state index contributed by atoms with van der Waals surface area (Å²) < 4.78 is 13.8. The summed E-state index contributed by atoms with van der Waals surface area (Å²) in [5.74, 6) is 0.0519. The van der Waals surface area contributed by atoms with Crippen molar-refractivity contribution in [2.24, 2.45) is 5.73 Å². The average molecular weight is 226 g/mol. The largest absolute Gasteiger partial charge is 0.356 e. The number of pyridine rings is 1. The van der Waals surface area contributed by atoms with Crippen molar-refractivity contribution >= 4 is 5.82 Å². The SMILES string of the molecule is CN(C)CCN(C)c1nccc(CN)c1F. The fourth-order valence-corrected chi connectivity index (χ4v) is 1.35. The lowest BCUT2D eigenvalue weighted by Crippen LogP contribution is -2.29. The van der Waals surface area contributed by atoms with E-state index in [4.69, 9.17) is 5.73 Å². The Morgan fingerprint density at radius 1 is 1.31 bits per heavy atom. The van der Waals surface area contributed by atoms with E-state index in [2.05, 4.69) is 4.98 Å². The van der Waals surface area contributed by atoms with E-state index in [1.807, 2.05) is 26.0 Å². The molecular weight excluding hydrogens is 207 g/mol. The highest BCUT2D eigenvalue weighted by molar-refractivity contribution is 5.42. The Morgan fingerprint density at radius 2 is 2.00 bits per heavy atom. The number of rotatable bonds is 5. The molecule has 5 heteroatoms. The highest BCUT2D eigenvalue weighted by Gasteiger charge is 2.12. The summed E-state index contributed by atoms with van der Waals surface area (Å²) in [5.41, 5.74) is 5.95. The van der Waals surface area contributed by atoms with E-state index in [1.54, 1.807) is 17.2 Å². The molecule has 0 aromatic carbocycles. The molecule has 0 spiro atoms. The molecule has 90 valence electrons. The molecule has 0 aliphatic heterocycles. The Balaban J connectivity index is 2.78. The Labute approximate surface area is 95.9 Å². The van der Waals surface area contributed by atoms with Crippen LogP contribution in [0.3, 0.4) is 0 Å².